The zero-order valence-electron chi connectivity index (χ0n) is 21.0. The molecule has 188 valence electrons. The first-order valence-corrected chi connectivity index (χ1v) is 12.6. The van der Waals surface area contributed by atoms with Gasteiger partial charge in [0.15, 0.2) is 5.11 Å². The molecule has 0 radical (unpaired) electrons. The monoisotopic (exact) mass is 511 g/mol. The first-order chi connectivity index (χ1) is 18.0. The number of hydrogen-bond acceptors (Lipinski definition) is 4. The van der Waals surface area contributed by atoms with E-state index in [1.165, 1.54) is 0 Å². The predicted molar refractivity (Wildman–Crippen MR) is 150 cm³/mol. The van der Waals surface area contributed by atoms with Gasteiger partial charge in [-0.25, -0.2) is 0 Å². The van der Waals surface area contributed by atoms with Crippen LogP contribution in [0, 0.1) is 6.92 Å². The SMILES string of the molecule is CCC(=O)Nc1ccc(N2C(=S)N[C@H](c3ccccn3)[C@@H]2c2cccn2-c2ccc(OC)cc2)cc1C. The van der Waals surface area contributed by atoms with Gasteiger partial charge in [-0.3, -0.25) is 9.78 Å². The molecule has 5 rings (SSSR count). The number of amides is 1. The maximum absolute atomic E-state index is 12.0. The van der Waals surface area contributed by atoms with E-state index in [9.17, 15) is 4.79 Å². The molecule has 8 heteroatoms. The number of benzene rings is 2. The first kappa shape index (κ1) is 24.5. The van der Waals surface area contributed by atoms with Crippen molar-refractivity contribution < 1.29 is 9.53 Å². The lowest BCUT2D eigenvalue weighted by molar-refractivity contribution is -0.115. The lowest BCUT2D eigenvalue weighted by Gasteiger charge is -2.29. The van der Waals surface area contributed by atoms with Crippen molar-refractivity contribution in [2.75, 3.05) is 17.3 Å². The average molecular weight is 512 g/mol. The van der Waals surface area contributed by atoms with Gasteiger partial charge >= 0.3 is 0 Å². The van der Waals surface area contributed by atoms with Gasteiger partial charge in [0.2, 0.25) is 5.91 Å². The zero-order valence-corrected chi connectivity index (χ0v) is 21.8. The van der Waals surface area contributed by atoms with Gasteiger partial charge in [-0.1, -0.05) is 13.0 Å². The molecule has 3 heterocycles. The van der Waals surface area contributed by atoms with Crippen LogP contribution in [0.3, 0.4) is 0 Å². The van der Waals surface area contributed by atoms with Crippen molar-refractivity contribution >= 4 is 34.6 Å². The van der Waals surface area contributed by atoms with Gasteiger partial charge in [-0.2, -0.15) is 0 Å². The molecule has 37 heavy (non-hydrogen) atoms. The van der Waals surface area contributed by atoms with Gasteiger partial charge in [0.1, 0.15) is 11.8 Å². The number of nitrogens with one attached hydrogen (secondary N) is 2. The normalized spacial score (nSPS) is 16.9. The molecule has 2 N–H and O–H groups in total. The third-order valence-corrected chi connectivity index (χ3v) is 6.93. The number of nitrogens with zero attached hydrogens (tertiary/aromatic N) is 3. The van der Waals surface area contributed by atoms with Crippen LogP contribution in [-0.2, 0) is 4.79 Å². The molecule has 1 fully saturated rings. The van der Waals surface area contributed by atoms with E-state index in [1.54, 1.807) is 13.3 Å². The number of aromatic nitrogens is 2. The van der Waals surface area contributed by atoms with Gasteiger partial charge in [0, 0.05) is 41.6 Å². The summed E-state index contributed by atoms with van der Waals surface area (Å²) in [5.74, 6) is 0.791. The minimum atomic E-state index is -0.171. The van der Waals surface area contributed by atoms with Crippen LogP contribution in [0.1, 0.15) is 42.4 Å². The summed E-state index contributed by atoms with van der Waals surface area (Å²) >= 11 is 5.90. The molecule has 1 aliphatic heterocycles. The number of methoxy groups -OCH3 is 1. The molecule has 2 aromatic heterocycles. The summed E-state index contributed by atoms with van der Waals surface area (Å²) in [6, 6.07) is 23.7. The summed E-state index contributed by atoms with van der Waals surface area (Å²) in [6.07, 6.45) is 4.29. The third-order valence-electron chi connectivity index (χ3n) is 6.62. The standard InChI is InChI=1S/C29H29N5O2S/c1-4-26(35)31-23-15-12-21(18-19(23)2)34-28(27(32-29(34)37)24-8-5-6-16-30-24)25-9-7-17-33(25)20-10-13-22(36-3)14-11-20/h5-18,27-28H,4H2,1-3H3,(H,31,35)(H,32,37)/t27-,28+/m1/s1. The molecule has 0 aliphatic carbocycles. The molecular weight excluding hydrogens is 482 g/mol. The van der Waals surface area contributed by atoms with E-state index in [1.807, 2.05) is 74.5 Å². The minimum Gasteiger partial charge on any atom is -0.497 e. The molecule has 4 aromatic rings. The molecule has 0 unspecified atom stereocenters. The lowest BCUT2D eigenvalue weighted by atomic mass is 10.00. The Morgan fingerprint density at radius 3 is 2.54 bits per heavy atom. The molecule has 0 bridgehead atoms. The molecular formula is C29H29N5O2S. The molecule has 1 aliphatic rings. The predicted octanol–water partition coefficient (Wildman–Crippen LogP) is 5.71. The highest BCUT2D eigenvalue weighted by Gasteiger charge is 2.42. The van der Waals surface area contributed by atoms with Crippen molar-refractivity contribution in [1.82, 2.24) is 14.9 Å². The minimum absolute atomic E-state index is 0.0142. The van der Waals surface area contributed by atoms with E-state index in [4.69, 9.17) is 17.0 Å². The number of aryl methyl sites for hydroxylation is 1. The molecule has 1 saturated heterocycles. The number of thiocarbonyl (C=S) groups is 1. The van der Waals surface area contributed by atoms with Crippen LogP contribution in [0.5, 0.6) is 5.75 Å². The molecule has 0 saturated carbocycles. The van der Waals surface area contributed by atoms with Crippen molar-refractivity contribution in [1.29, 1.82) is 0 Å². The Kier molecular flexibility index (Phi) is 6.92. The summed E-state index contributed by atoms with van der Waals surface area (Å²) in [7, 11) is 1.66. The Labute approximate surface area is 222 Å². The van der Waals surface area contributed by atoms with Crippen molar-refractivity contribution in [3.05, 3.63) is 102 Å². The fourth-order valence-electron chi connectivity index (χ4n) is 4.72. The second-order valence-electron chi connectivity index (χ2n) is 8.90. The maximum atomic E-state index is 12.0. The first-order valence-electron chi connectivity index (χ1n) is 12.2. The van der Waals surface area contributed by atoms with Crippen LogP contribution in [0.25, 0.3) is 5.69 Å². The molecule has 0 spiro atoms. The highest BCUT2D eigenvalue weighted by molar-refractivity contribution is 7.80. The Hall–Kier alpha value is -4.17. The molecule has 1 amide bonds. The molecule has 2 aromatic carbocycles. The van der Waals surface area contributed by atoms with Gasteiger partial charge in [0.25, 0.3) is 0 Å². The third kappa shape index (κ3) is 4.80. The summed E-state index contributed by atoms with van der Waals surface area (Å²) in [5.41, 5.74) is 5.70. The smallest absolute Gasteiger partial charge is 0.224 e. The number of pyridine rings is 1. The highest BCUT2D eigenvalue weighted by atomic mass is 32.1. The van der Waals surface area contributed by atoms with Crippen LogP contribution < -0.4 is 20.3 Å². The van der Waals surface area contributed by atoms with Crippen LogP contribution in [0.15, 0.2) is 85.2 Å². The van der Waals surface area contributed by atoms with Crippen LogP contribution in [0.4, 0.5) is 11.4 Å². The fourth-order valence-corrected chi connectivity index (χ4v) is 5.07. The number of carbonyl (C=O) groups is 1. The quantitative estimate of drug-likeness (QED) is 0.310. The molecule has 2 atom stereocenters. The van der Waals surface area contributed by atoms with Gasteiger partial charge in [-0.15, -0.1) is 0 Å². The summed E-state index contributed by atoms with van der Waals surface area (Å²) in [5, 5.41) is 7.11. The maximum Gasteiger partial charge on any atom is 0.224 e. The number of ether oxygens (including phenoxy) is 1. The van der Waals surface area contributed by atoms with E-state index in [-0.39, 0.29) is 18.0 Å². The lowest BCUT2D eigenvalue weighted by Crippen LogP contribution is -2.30. The Morgan fingerprint density at radius 1 is 1.08 bits per heavy atom. The largest absolute Gasteiger partial charge is 0.497 e. The van der Waals surface area contributed by atoms with Gasteiger partial charge in [-0.05, 0) is 91.4 Å². The number of anilines is 2. The second kappa shape index (κ2) is 10.4. The van der Waals surface area contributed by atoms with Gasteiger partial charge in [0.05, 0.1) is 18.8 Å². The Morgan fingerprint density at radius 2 is 1.86 bits per heavy atom. The highest BCUT2D eigenvalue weighted by Crippen LogP contribution is 2.43. The zero-order chi connectivity index (χ0) is 25.9. The van der Waals surface area contributed by atoms with E-state index in [2.05, 4.69) is 43.4 Å². The van der Waals surface area contributed by atoms with E-state index in [0.29, 0.717) is 11.5 Å². The topological polar surface area (TPSA) is 71.4 Å². The Bertz CT molecular complexity index is 1420. The van der Waals surface area contributed by atoms with Crippen molar-refractivity contribution in [3.8, 4) is 11.4 Å². The second-order valence-corrected chi connectivity index (χ2v) is 9.29. The number of hydrogen-bond donors (Lipinski definition) is 2. The summed E-state index contributed by atoms with van der Waals surface area (Å²) in [4.78, 5) is 18.8. The van der Waals surface area contributed by atoms with E-state index < -0.39 is 0 Å². The number of rotatable bonds is 7. The Balaban J connectivity index is 1.60. The van der Waals surface area contributed by atoms with Crippen molar-refractivity contribution in [3.63, 3.8) is 0 Å². The molecule has 7 nitrogen and oxygen atoms in total. The summed E-state index contributed by atoms with van der Waals surface area (Å²) in [6.45, 7) is 3.83. The van der Waals surface area contributed by atoms with Crippen molar-refractivity contribution in [2.45, 2.75) is 32.4 Å². The van der Waals surface area contributed by atoms with E-state index in [0.717, 1.165) is 39.8 Å². The van der Waals surface area contributed by atoms with Crippen molar-refractivity contribution in [2.24, 2.45) is 0 Å². The van der Waals surface area contributed by atoms with Crippen LogP contribution in [-0.4, -0.2) is 27.7 Å². The van der Waals surface area contributed by atoms with Crippen LogP contribution in [0.2, 0.25) is 0 Å². The fraction of sp³-hybridized carbons (Fsp3) is 0.207. The van der Waals surface area contributed by atoms with Crippen LogP contribution >= 0.6 is 12.2 Å². The van der Waals surface area contributed by atoms with E-state index >= 15 is 0 Å². The van der Waals surface area contributed by atoms with Gasteiger partial charge < -0.3 is 24.8 Å². The average Bonchev–Trinajstić information content (AvgIpc) is 3.54. The number of carbonyl (C=O) groups excluding carboxylic acids is 1. The summed E-state index contributed by atoms with van der Waals surface area (Å²) < 4.78 is 7.53.